The third-order valence-electron chi connectivity index (χ3n) is 4.56. The van der Waals surface area contributed by atoms with E-state index in [-0.39, 0.29) is 5.92 Å². The predicted molar refractivity (Wildman–Crippen MR) is 100 cm³/mol. The van der Waals surface area contributed by atoms with Crippen LogP contribution in [0.25, 0.3) is 20.7 Å². The van der Waals surface area contributed by atoms with Crippen LogP contribution >= 0.6 is 22.9 Å². The van der Waals surface area contributed by atoms with Crippen molar-refractivity contribution in [2.75, 3.05) is 18.0 Å². The minimum absolute atomic E-state index is 0.249. The van der Waals surface area contributed by atoms with E-state index in [1.165, 1.54) is 0 Å². The zero-order valence-corrected chi connectivity index (χ0v) is 14.9. The maximum Gasteiger partial charge on any atom is 0.306 e. The van der Waals surface area contributed by atoms with Gasteiger partial charge in [-0.3, -0.25) is 4.79 Å². The third kappa shape index (κ3) is 3.19. The van der Waals surface area contributed by atoms with Crippen LogP contribution in [0, 0.1) is 5.92 Å². The topological polar surface area (TPSA) is 66.3 Å². The lowest BCUT2D eigenvalue weighted by molar-refractivity contribution is -0.142. The van der Waals surface area contributed by atoms with Crippen molar-refractivity contribution >= 4 is 44.9 Å². The monoisotopic (exact) mass is 373 g/mol. The van der Waals surface area contributed by atoms with E-state index < -0.39 is 5.97 Å². The van der Waals surface area contributed by atoms with E-state index in [1.807, 2.05) is 24.3 Å². The van der Waals surface area contributed by atoms with Crippen molar-refractivity contribution in [3.63, 3.8) is 0 Å². The normalized spacial score (nSPS) is 15.6. The van der Waals surface area contributed by atoms with Crippen LogP contribution < -0.4 is 4.90 Å². The Balaban J connectivity index is 1.66. The molecule has 1 fully saturated rings. The van der Waals surface area contributed by atoms with E-state index >= 15 is 0 Å². The number of carboxylic acids is 1. The molecule has 5 nitrogen and oxygen atoms in total. The maximum absolute atomic E-state index is 11.1. The Labute approximate surface area is 153 Å². The van der Waals surface area contributed by atoms with Gasteiger partial charge in [0.25, 0.3) is 0 Å². The Morgan fingerprint density at radius 2 is 1.92 bits per heavy atom. The fraction of sp³-hybridized carbons (Fsp3) is 0.278. The number of thiophene rings is 1. The molecule has 2 aromatic heterocycles. The molecule has 0 bridgehead atoms. The summed E-state index contributed by atoms with van der Waals surface area (Å²) in [7, 11) is 0. The molecule has 1 aliphatic rings. The number of hydrogen-bond acceptors (Lipinski definition) is 5. The Morgan fingerprint density at radius 3 is 2.60 bits per heavy atom. The summed E-state index contributed by atoms with van der Waals surface area (Å²) < 4.78 is 1.04. The van der Waals surface area contributed by atoms with Gasteiger partial charge in [0.15, 0.2) is 0 Å². The summed E-state index contributed by atoms with van der Waals surface area (Å²) in [4.78, 5) is 23.3. The summed E-state index contributed by atoms with van der Waals surface area (Å²) in [5.74, 6) is -0.0470. The van der Waals surface area contributed by atoms with Gasteiger partial charge in [0, 0.05) is 23.0 Å². The molecule has 1 aliphatic heterocycles. The molecule has 1 saturated heterocycles. The summed E-state index contributed by atoms with van der Waals surface area (Å²) in [6.45, 7) is 1.41. The molecule has 0 amide bonds. The number of fused-ring (bicyclic) bond motifs is 1. The van der Waals surface area contributed by atoms with Crippen molar-refractivity contribution in [3.8, 4) is 10.4 Å². The highest BCUT2D eigenvalue weighted by atomic mass is 35.5. The van der Waals surface area contributed by atoms with Gasteiger partial charge in [-0.2, -0.15) is 0 Å². The summed E-state index contributed by atoms with van der Waals surface area (Å²) in [5, 5.41) is 9.88. The van der Waals surface area contributed by atoms with Crippen LogP contribution in [0.4, 0.5) is 5.82 Å². The zero-order valence-electron chi connectivity index (χ0n) is 13.4. The van der Waals surface area contributed by atoms with Crippen molar-refractivity contribution in [3.05, 3.63) is 41.7 Å². The Morgan fingerprint density at radius 1 is 1.20 bits per heavy atom. The van der Waals surface area contributed by atoms with Crippen LogP contribution in [-0.2, 0) is 4.79 Å². The Bertz CT molecular complexity index is 918. The fourth-order valence-corrected chi connectivity index (χ4v) is 4.42. The molecule has 4 rings (SSSR count). The average Bonchev–Trinajstić information content (AvgIpc) is 3.06. The molecule has 0 spiro atoms. The lowest BCUT2D eigenvalue weighted by atomic mass is 9.97. The lowest BCUT2D eigenvalue weighted by Gasteiger charge is -2.31. The minimum atomic E-state index is -0.700. The quantitative estimate of drug-likeness (QED) is 0.740. The number of halogens is 1. The standard InChI is InChI=1S/C18H16ClN3O2S/c19-13-3-1-11(2-4-13)15-9-14-16(25-15)17(21-10-20-14)22-7-5-12(6-8-22)18(23)24/h1-4,9-10,12H,5-8H2,(H,23,24). The number of hydrogen-bond donors (Lipinski definition) is 1. The maximum atomic E-state index is 11.1. The lowest BCUT2D eigenvalue weighted by Crippen LogP contribution is -2.36. The number of anilines is 1. The molecule has 128 valence electrons. The van der Waals surface area contributed by atoms with E-state index in [2.05, 4.69) is 20.9 Å². The van der Waals surface area contributed by atoms with E-state index in [0.717, 1.165) is 26.5 Å². The number of carbonyl (C=O) groups is 1. The number of aromatic nitrogens is 2. The van der Waals surface area contributed by atoms with Crippen LogP contribution in [0.1, 0.15) is 12.8 Å². The Hall–Kier alpha value is -2.18. The van der Waals surface area contributed by atoms with Crippen molar-refractivity contribution in [1.82, 2.24) is 9.97 Å². The van der Waals surface area contributed by atoms with Gasteiger partial charge in [0.2, 0.25) is 0 Å². The number of benzene rings is 1. The number of nitrogens with zero attached hydrogens (tertiary/aromatic N) is 3. The summed E-state index contributed by atoms with van der Waals surface area (Å²) in [5.41, 5.74) is 2.02. The summed E-state index contributed by atoms with van der Waals surface area (Å²) in [6, 6.07) is 9.82. The highest BCUT2D eigenvalue weighted by Gasteiger charge is 2.26. The predicted octanol–water partition coefficient (Wildman–Crippen LogP) is 4.31. The molecule has 0 radical (unpaired) electrons. The van der Waals surface area contributed by atoms with Crippen LogP contribution in [0.3, 0.4) is 0 Å². The van der Waals surface area contributed by atoms with Crippen molar-refractivity contribution in [2.24, 2.45) is 5.92 Å². The van der Waals surface area contributed by atoms with Gasteiger partial charge in [0.1, 0.15) is 12.1 Å². The molecule has 0 saturated carbocycles. The first kappa shape index (κ1) is 16.3. The third-order valence-corrected chi connectivity index (χ3v) is 5.99. The minimum Gasteiger partial charge on any atom is -0.481 e. The average molecular weight is 374 g/mol. The van der Waals surface area contributed by atoms with Crippen molar-refractivity contribution in [2.45, 2.75) is 12.8 Å². The van der Waals surface area contributed by atoms with Gasteiger partial charge in [-0.25, -0.2) is 9.97 Å². The van der Waals surface area contributed by atoms with E-state index in [0.29, 0.717) is 31.0 Å². The second kappa shape index (κ2) is 6.61. The highest BCUT2D eigenvalue weighted by Crippen LogP contribution is 2.38. The molecule has 0 atom stereocenters. The van der Waals surface area contributed by atoms with Gasteiger partial charge in [-0.05, 0) is 36.6 Å². The highest BCUT2D eigenvalue weighted by molar-refractivity contribution is 7.22. The van der Waals surface area contributed by atoms with Gasteiger partial charge in [-0.15, -0.1) is 11.3 Å². The molecular formula is C18H16ClN3O2S. The second-order valence-electron chi connectivity index (χ2n) is 6.13. The zero-order chi connectivity index (χ0) is 17.4. The van der Waals surface area contributed by atoms with Gasteiger partial charge < -0.3 is 10.0 Å². The molecule has 25 heavy (non-hydrogen) atoms. The molecular weight excluding hydrogens is 358 g/mol. The van der Waals surface area contributed by atoms with Crippen LogP contribution in [0.2, 0.25) is 5.02 Å². The molecule has 0 unspecified atom stereocenters. The van der Waals surface area contributed by atoms with Gasteiger partial charge in [-0.1, -0.05) is 23.7 Å². The SMILES string of the molecule is O=C(O)C1CCN(c2ncnc3cc(-c4ccc(Cl)cc4)sc23)CC1. The van der Waals surface area contributed by atoms with Crippen LogP contribution in [0.5, 0.6) is 0 Å². The first-order valence-electron chi connectivity index (χ1n) is 8.10. The second-order valence-corrected chi connectivity index (χ2v) is 7.62. The fourth-order valence-electron chi connectivity index (χ4n) is 3.16. The smallest absolute Gasteiger partial charge is 0.306 e. The largest absolute Gasteiger partial charge is 0.481 e. The van der Waals surface area contributed by atoms with Gasteiger partial charge in [0.05, 0.1) is 16.1 Å². The molecule has 7 heteroatoms. The Kier molecular flexibility index (Phi) is 4.31. The summed E-state index contributed by atoms with van der Waals surface area (Å²) in [6.07, 6.45) is 2.88. The first-order chi connectivity index (χ1) is 12.1. The van der Waals surface area contributed by atoms with E-state index in [4.69, 9.17) is 16.7 Å². The van der Waals surface area contributed by atoms with E-state index in [9.17, 15) is 4.79 Å². The van der Waals surface area contributed by atoms with E-state index in [1.54, 1.807) is 17.7 Å². The molecule has 0 aliphatic carbocycles. The number of rotatable bonds is 3. The number of aliphatic carboxylic acids is 1. The number of piperidine rings is 1. The molecule has 3 aromatic rings. The van der Waals surface area contributed by atoms with Gasteiger partial charge >= 0.3 is 5.97 Å². The van der Waals surface area contributed by atoms with Crippen LogP contribution in [0.15, 0.2) is 36.7 Å². The number of carboxylic acid groups (broad SMARTS) is 1. The van der Waals surface area contributed by atoms with Crippen molar-refractivity contribution in [1.29, 1.82) is 0 Å². The van der Waals surface area contributed by atoms with Crippen LogP contribution in [-0.4, -0.2) is 34.1 Å². The molecule has 1 N–H and O–H groups in total. The van der Waals surface area contributed by atoms with Crippen molar-refractivity contribution < 1.29 is 9.90 Å². The summed E-state index contributed by atoms with van der Waals surface area (Å²) >= 11 is 7.63. The molecule has 1 aromatic carbocycles. The molecule has 3 heterocycles. The first-order valence-corrected chi connectivity index (χ1v) is 9.29.